The highest BCUT2D eigenvalue weighted by Crippen LogP contribution is 2.23. The van der Waals surface area contributed by atoms with Gasteiger partial charge in [0.25, 0.3) is 0 Å². The number of ether oxygens (including phenoxy) is 3. The quantitative estimate of drug-likeness (QED) is 0.590. The van der Waals surface area contributed by atoms with Crippen molar-refractivity contribution in [3.8, 4) is 5.75 Å². The molecule has 0 bridgehead atoms. The minimum absolute atomic E-state index is 0.119. The van der Waals surface area contributed by atoms with Crippen LogP contribution in [0.3, 0.4) is 0 Å². The van der Waals surface area contributed by atoms with Crippen LogP contribution in [0.5, 0.6) is 5.75 Å². The Labute approximate surface area is 112 Å². The minimum atomic E-state index is -0.448. The Bertz CT molecular complexity index is 404. The van der Waals surface area contributed by atoms with Crippen LogP contribution in [0.2, 0.25) is 5.02 Å². The molecule has 0 radical (unpaired) electrons. The van der Waals surface area contributed by atoms with Gasteiger partial charge in [-0.15, -0.1) is 0 Å². The number of benzene rings is 1. The summed E-state index contributed by atoms with van der Waals surface area (Å²) in [4.78, 5) is 11.8. The van der Waals surface area contributed by atoms with Crippen molar-refractivity contribution in [2.45, 2.75) is 20.0 Å². The van der Waals surface area contributed by atoms with Gasteiger partial charge in [0, 0.05) is 5.02 Å². The van der Waals surface area contributed by atoms with Gasteiger partial charge < -0.3 is 14.2 Å². The van der Waals surface area contributed by atoms with Gasteiger partial charge in [0.15, 0.2) is 0 Å². The molecule has 4 nitrogen and oxygen atoms in total. The number of hydrogen-bond acceptors (Lipinski definition) is 4. The normalized spacial score (nSPS) is 10.5. The molecule has 0 fully saturated rings. The van der Waals surface area contributed by atoms with Crippen LogP contribution in [0.1, 0.15) is 24.2 Å². The van der Waals surface area contributed by atoms with E-state index in [0.29, 0.717) is 22.9 Å². The maximum absolute atomic E-state index is 11.8. The fraction of sp³-hybridized carbons (Fsp3) is 0.462. The van der Waals surface area contributed by atoms with Gasteiger partial charge in [-0.05, 0) is 32.0 Å². The highest BCUT2D eigenvalue weighted by Gasteiger charge is 2.13. The first-order valence-corrected chi connectivity index (χ1v) is 6.04. The predicted octanol–water partition coefficient (Wildman–Crippen LogP) is 2.93. The number of carbonyl (C=O) groups excluding carboxylic acids is 1. The number of rotatable bonds is 6. The van der Waals surface area contributed by atoms with Crippen LogP contribution in [0.15, 0.2) is 18.2 Å². The van der Waals surface area contributed by atoms with Gasteiger partial charge in [0.2, 0.25) is 0 Å². The molecule has 0 unspecified atom stereocenters. The van der Waals surface area contributed by atoms with Gasteiger partial charge in [-0.3, -0.25) is 0 Å². The zero-order chi connectivity index (χ0) is 13.5. The topological polar surface area (TPSA) is 44.8 Å². The molecule has 0 atom stereocenters. The molecule has 0 amide bonds. The Morgan fingerprint density at radius 1 is 1.33 bits per heavy atom. The summed E-state index contributed by atoms with van der Waals surface area (Å²) in [5.74, 6) is -0.0480. The fourth-order valence-corrected chi connectivity index (χ4v) is 1.49. The Balaban J connectivity index is 2.56. The van der Waals surface area contributed by atoms with E-state index in [4.69, 9.17) is 25.8 Å². The average Bonchev–Trinajstić information content (AvgIpc) is 2.33. The summed E-state index contributed by atoms with van der Waals surface area (Å²) in [6, 6.07) is 4.76. The van der Waals surface area contributed by atoms with Gasteiger partial charge in [-0.2, -0.15) is 0 Å². The lowest BCUT2D eigenvalue weighted by atomic mass is 10.2. The summed E-state index contributed by atoms with van der Waals surface area (Å²) in [6.07, 6.45) is 0.119. The van der Waals surface area contributed by atoms with E-state index < -0.39 is 5.97 Å². The van der Waals surface area contributed by atoms with Gasteiger partial charge in [-0.25, -0.2) is 4.79 Å². The zero-order valence-corrected chi connectivity index (χ0v) is 11.5. The Kier molecular flexibility index (Phi) is 5.95. The molecule has 5 heteroatoms. The third-order valence-corrected chi connectivity index (χ3v) is 2.39. The SMILES string of the molecule is COc1cc(Cl)ccc1C(=O)OCCOC(C)C. The third kappa shape index (κ3) is 4.55. The minimum Gasteiger partial charge on any atom is -0.496 e. The molecule has 0 aliphatic heterocycles. The van der Waals surface area contributed by atoms with Crippen LogP contribution < -0.4 is 4.74 Å². The molecule has 100 valence electrons. The summed E-state index contributed by atoms with van der Waals surface area (Å²) in [5, 5.41) is 0.506. The monoisotopic (exact) mass is 272 g/mol. The molecule has 1 aromatic rings. The number of hydrogen-bond donors (Lipinski definition) is 0. The van der Waals surface area contributed by atoms with E-state index in [2.05, 4.69) is 0 Å². The van der Waals surface area contributed by atoms with Crippen LogP contribution in [-0.4, -0.2) is 32.4 Å². The van der Waals surface area contributed by atoms with Crippen molar-refractivity contribution in [3.63, 3.8) is 0 Å². The lowest BCUT2D eigenvalue weighted by Gasteiger charge is -2.10. The largest absolute Gasteiger partial charge is 0.496 e. The van der Waals surface area contributed by atoms with Crippen LogP contribution >= 0.6 is 11.6 Å². The molecule has 0 aliphatic rings. The van der Waals surface area contributed by atoms with E-state index in [1.54, 1.807) is 18.2 Å². The zero-order valence-electron chi connectivity index (χ0n) is 10.7. The smallest absolute Gasteiger partial charge is 0.342 e. The maximum atomic E-state index is 11.8. The second-order valence-corrected chi connectivity index (χ2v) is 4.34. The summed E-state index contributed by atoms with van der Waals surface area (Å²) in [5.41, 5.74) is 0.353. The Morgan fingerprint density at radius 2 is 2.06 bits per heavy atom. The van der Waals surface area contributed by atoms with Crippen molar-refractivity contribution < 1.29 is 19.0 Å². The predicted molar refractivity (Wildman–Crippen MR) is 69.4 cm³/mol. The van der Waals surface area contributed by atoms with Crippen molar-refractivity contribution in [2.75, 3.05) is 20.3 Å². The lowest BCUT2D eigenvalue weighted by molar-refractivity contribution is 0.0175. The lowest BCUT2D eigenvalue weighted by Crippen LogP contribution is -2.14. The molecule has 18 heavy (non-hydrogen) atoms. The second-order valence-electron chi connectivity index (χ2n) is 3.90. The van der Waals surface area contributed by atoms with Crippen molar-refractivity contribution in [1.82, 2.24) is 0 Å². The van der Waals surface area contributed by atoms with Crippen molar-refractivity contribution in [3.05, 3.63) is 28.8 Å². The van der Waals surface area contributed by atoms with E-state index in [0.717, 1.165) is 0 Å². The Hall–Kier alpha value is -1.26. The highest BCUT2D eigenvalue weighted by atomic mass is 35.5. The molecule has 1 rings (SSSR count). The van der Waals surface area contributed by atoms with E-state index in [9.17, 15) is 4.79 Å². The molecule has 1 aromatic carbocycles. The molecule has 0 spiro atoms. The number of carbonyl (C=O) groups is 1. The summed E-state index contributed by atoms with van der Waals surface area (Å²) in [6.45, 7) is 4.43. The van der Waals surface area contributed by atoms with Crippen molar-refractivity contribution in [1.29, 1.82) is 0 Å². The third-order valence-electron chi connectivity index (χ3n) is 2.15. The van der Waals surface area contributed by atoms with Crippen molar-refractivity contribution >= 4 is 17.6 Å². The van der Waals surface area contributed by atoms with Gasteiger partial charge in [-0.1, -0.05) is 11.6 Å². The van der Waals surface area contributed by atoms with E-state index in [-0.39, 0.29) is 12.7 Å². The van der Waals surface area contributed by atoms with Gasteiger partial charge >= 0.3 is 5.97 Å². The molecule has 0 saturated carbocycles. The first-order valence-electron chi connectivity index (χ1n) is 5.67. The summed E-state index contributed by atoms with van der Waals surface area (Å²) >= 11 is 5.81. The maximum Gasteiger partial charge on any atom is 0.342 e. The molecule has 0 aliphatic carbocycles. The van der Waals surface area contributed by atoms with Crippen LogP contribution in [-0.2, 0) is 9.47 Å². The summed E-state index contributed by atoms with van der Waals surface area (Å²) in [7, 11) is 1.48. The number of halogens is 1. The van der Waals surface area contributed by atoms with Gasteiger partial charge in [0.1, 0.15) is 17.9 Å². The molecule has 0 N–H and O–H groups in total. The Morgan fingerprint density at radius 3 is 2.67 bits per heavy atom. The standard InChI is InChI=1S/C13H17ClO4/c1-9(2)17-6-7-18-13(15)11-5-4-10(14)8-12(11)16-3/h4-5,8-9H,6-7H2,1-3H3. The van der Waals surface area contributed by atoms with Crippen molar-refractivity contribution in [2.24, 2.45) is 0 Å². The van der Waals surface area contributed by atoms with Crippen LogP contribution in [0.25, 0.3) is 0 Å². The van der Waals surface area contributed by atoms with Crippen LogP contribution in [0, 0.1) is 0 Å². The highest BCUT2D eigenvalue weighted by molar-refractivity contribution is 6.30. The van der Waals surface area contributed by atoms with E-state index in [1.807, 2.05) is 13.8 Å². The fourth-order valence-electron chi connectivity index (χ4n) is 1.33. The van der Waals surface area contributed by atoms with Crippen LogP contribution in [0.4, 0.5) is 0 Å². The second kappa shape index (κ2) is 7.24. The van der Waals surface area contributed by atoms with Gasteiger partial charge in [0.05, 0.1) is 19.8 Å². The van der Waals surface area contributed by atoms with E-state index >= 15 is 0 Å². The molecule has 0 heterocycles. The first kappa shape index (κ1) is 14.8. The number of esters is 1. The molecule has 0 saturated heterocycles. The average molecular weight is 273 g/mol. The number of methoxy groups -OCH3 is 1. The summed E-state index contributed by atoms with van der Waals surface area (Å²) < 4.78 is 15.4. The first-order chi connectivity index (χ1) is 8.54. The molecule has 0 aromatic heterocycles. The molecular weight excluding hydrogens is 256 g/mol. The van der Waals surface area contributed by atoms with E-state index in [1.165, 1.54) is 7.11 Å². The molecular formula is C13H17ClO4.